The van der Waals surface area contributed by atoms with E-state index in [2.05, 4.69) is 51.5 Å². The van der Waals surface area contributed by atoms with Crippen LogP contribution in [0.5, 0.6) is 11.5 Å². The molecule has 2 aromatic carbocycles. The number of quaternary nitrogens is 1. The maximum atomic E-state index is 5.42. The number of nitrogens with zero attached hydrogens (tertiary/aromatic N) is 3. The number of likely N-dealkylation sites (N-methyl/N-ethyl adjacent to an activating group) is 1. The quantitative estimate of drug-likeness (QED) is 0.703. The standard InChI is InChI=1S/C21H25N5O2/c1-25-8-10-26(11-9-25)16-6-4-15(5-7-16)24-21-17-12-19(27-2)20(28-3)13-18(17)22-14-23-21/h4-7,12-14H,8-11H2,1-3H3,(H,22,23,24)/p+1. The van der Waals surface area contributed by atoms with Gasteiger partial charge in [-0.25, -0.2) is 9.97 Å². The van der Waals surface area contributed by atoms with E-state index in [-0.39, 0.29) is 0 Å². The average Bonchev–Trinajstić information content (AvgIpc) is 2.74. The Morgan fingerprint density at radius 3 is 2.32 bits per heavy atom. The van der Waals surface area contributed by atoms with Crippen LogP contribution < -0.4 is 24.6 Å². The molecular formula is C21H26N5O2+. The van der Waals surface area contributed by atoms with Crippen molar-refractivity contribution >= 4 is 28.1 Å². The first-order chi connectivity index (χ1) is 13.7. The molecule has 28 heavy (non-hydrogen) atoms. The van der Waals surface area contributed by atoms with Gasteiger partial charge in [0.2, 0.25) is 0 Å². The average molecular weight is 380 g/mol. The summed E-state index contributed by atoms with van der Waals surface area (Å²) in [7, 11) is 5.49. The van der Waals surface area contributed by atoms with Gasteiger partial charge in [0, 0.05) is 22.8 Å². The van der Waals surface area contributed by atoms with Crippen molar-refractivity contribution in [1.29, 1.82) is 0 Å². The third kappa shape index (κ3) is 3.66. The van der Waals surface area contributed by atoms with E-state index in [1.165, 1.54) is 18.8 Å². The Kier molecular flexibility index (Phi) is 5.16. The first-order valence-corrected chi connectivity index (χ1v) is 9.48. The monoisotopic (exact) mass is 380 g/mol. The fourth-order valence-corrected chi connectivity index (χ4v) is 3.52. The number of rotatable bonds is 5. The highest BCUT2D eigenvalue weighted by atomic mass is 16.5. The van der Waals surface area contributed by atoms with Crippen LogP contribution in [0, 0.1) is 0 Å². The van der Waals surface area contributed by atoms with Crippen molar-refractivity contribution in [3.05, 3.63) is 42.7 Å². The lowest BCUT2D eigenvalue weighted by Gasteiger charge is -2.31. The largest absolute Gasteiger partial charge is 0.493 e. The molecule has 3 aromatic rings. The molecule has 146 valence electrons. The predicted octanol–water partition coefficient (Wildman–Crippen LogP) is 1.73. The molecule has 2 N–H and O–H groups in total. The molecule has 2 heterocycles. The molecule has 1 saturated heterocycles. The molecule has 0 unspecified atom stereocenters. The van der Waals surface area contributed by atoms with Gasteiger partial charge in [0.05, 0.1) is 53.0 Å². The Morgan fingerprint density at radius 2 is 1.64 bits per heavy atom. The SMILES string of the molecule is COc1cc2ncnc(Nc3ccc(N4CC[NH+](C)CC4)cc3)c2cc1OC. The number of hydrogen-bond acceptors (Lipinski definition) is 6. The summed E-state index contributed by atoms with van der Waals surface area (Å²) in [5, 5.41) is 4.28. The van der Waals surface area contributed by atoms with Crippen molar-refractivity contribution in [2.45, 2.75) is 0 Å². The van der Waals surface area contributed by atoms with Crippen molar-refractivity contribution < 1.29 is 14.4 Å². The summed E-state index contributed by atoms with van der Waals surface area (Å²) in [4.78, 5) is 12.8. The van der Waals surface area contributed by atoms with Crippen molar-refractivity contribution in [2.24, 2.45) is 0 Å². The van der Waals surface area contributed by atoms with Gasteiger partial charge in [0.1, 0.15) is 12.1 Å². The van der Waals surface area contributed by atoms with Crippen LogP contribution in [-0.2, 0) is 0 Å². The van der Waals surface area contributed by atoms with Crippen molar-refractivity contribution in [3.63, 3.8) is 0 Å². The van der Waals surface area contributed by atoms with E-state index in [0.29, 0.717) is 11.5 Å². The molecule has 0 radical (unpaired) electrons. The first kappa shape index (κ1) is 18.3. The minimum absolute atomic E-state index is 0.651. The van der Waals surface area contributed by atoms with Crippen molar-refractivity contribution in [1.82, 2.24) is 9.97 Å². The van der Waals surface area contributed by atoms with E-state index in [4.69, 9.17) is 9.47 Å². The lowest BCUT2D eigenvalue weighted by molar-refractivity contribution is -0.880. The topological polar surface area (TPSA) is 64.0 Å². The maximum Gasteiger partial charge on any atom is 0.162 e. The molecule has 4 rings (SSSR count). The van der Waals surface area contributed by atoms with Gasteiger partial charge in [-0.15, -0.1) is 0 Å². The fourth-order valence-electron chi connectivity index (χ4n) is 3.52. The number of benzene rings is 2. The second-order valence-corrected chi connectivity index (χ2v) is 7.06. The third-order valence-electron chi connectivity index (χ3n) is 5.25. The molecule has 0 aliphatic carbocycles. The van der Waals surface area contributed by atoms with E-state index in [9.17, 15) is 0 Å². The van der Waals surface area contributed by atoms with Crippen LogP contribution in [0.4, 0.5) is 17.2 Å². The van der Waals surface area contributed by atoms with E-state index in [0.717, 1.165) is 35.5 Å². The van der Waals surface area contributed by atoms with Gasteiger partial charge in [-0.2, -0.15) is 0 Å². The van der Waals surface area contributed by atoms with Gasteiger partial charge >= 0.3 is 0 Å². The molecule has 1 aliphatic heterocycles. The fraction of sp³-hybridized carbons (Fsp3) is 0.333. The molecule has 1 aliphatic rings. The highest BCUT2D eigenvalue weighted by Crippen LogP contribution is 2.34. The van der Waals surface area contributed by atoms with Crippen LogP contribution >= 0.6 is 0 Å². The second kappa shape index (κ2) is 7.90. The lowest BCUT2D eigenvalue weighted by Crippen LogP contribution is -3.12. The Bertz CT molecular complexity index is 953. The number of anilines is 3. The summed E-state index contributed by atoms with van der Waals surface area (Å²) in [6.07, 6.45) is 1.55. The summed E-state index contributed by atoms with van der Waals surface area (Å²) < 4.78 is 10.8. The number of fused-ring (bicyclic) bond motifs is 1. The molecule has 1 fully saturated rings. The van der Waals surface area contributed by atoms with Crippen LogP contribution in [0.15, 0.2) is 42.7 Å². The number of ether oxygens (including phenoxy) is 2. The van der Waals surface area contributed by atoms with Crippen LogP contribution in [-0.4, -0.2) is 57.4 Å². The Labute approximate surface area is 164 Å². The second-order valence-electron chi connectivity index (χ2n) is 7.06. The lowest BCUT2D eigenvalue weighted by atomic mass is 10.2. The minimum atomic E-state index is 0.651. The smallest absolute Gasteiger partial charge is 0.162 e. The van der Waals surface area contributed by atoms with Gasteiger partial charge in [-0.1, -0.05) is 0 Å². The van der Waals surface area contributed by atoms with Crippen LogP contribution in [0.1, 0.15) is 0 Å². The summed E-state index contributed by atoms with van der Waals surface area (Å²) in [6, 6.07) is 12.3. The molecule has 0 spiro atoms. The molecule has 0 bridgehead atoms. The maximum absolute atomic E-state index is 5.42. The molecule has 0 amide bonds. The number of hydrogen-bond donors (Lipinski definition) is 2. The molecule has 0 saturated carbocycles. The normalized spacial score (nSPS) is 14.9. The summed E-state index contributed by atoms with van der Waals surface area (Å²) in [5.74, 6) is 2.04. The Hall–Kier alpha value is -3.06. The van der Waals surface area contributed by atoms with Gasteiger partial charge in [-0.3, -0.25) is 0 Å². The van der Waals surface area contributed by atoms with E-state index in [1.807, 2.05) is 12.1 Å². The Balaban J connectivity index is 1.58. The number of methoxy groups -OCH3 is 2. The summed E-state index contributed by atoms with van der Waals surface area (Å²) in [6.45, 7) is 4.55. The van der Waals surface area contributed by atoms with Crippen LogP contribution in [0.2, 0.25) is 0 Å². The number of nitrogens with one attached hydrogen (secondary N) is 2. The zero-order chi connectivity index (χ0) is 19.5. The van der Waals surface area contributed by atoms with Crippen molar-refractivity contribution in [3.8, 4) is 11.5 Å². The minimum Gasteiger partial charge on any atom is -0.493 e. The summed E-state index contributed by atoms with van der Waals surface area (Å²) in [5.41, 5.74) is 3.04. The van der Waals surface area contributed by atoms with Gasteiger partial charge in [0.25, 0.3) is 0 Å². The molecule has 7 heteroatoms. The number of aromatic nitrogens is 2. The first-order valence-electron chi connectivity index (χ1n) is 9.48. The zero-order valence-corrected chi connectivity index (χ0v) is 16.5. The van der Waals surface area contributed by atoms with Crippen LogP contribution in [0.25, 0.3) is 10.9 Å². The zero-order valence-electron chi connectivity index (χ0n) is 16.5. The molecule has 0 atom stereocenters. The highest BCUT2D eigenvalue weighted by molar-refractivity contribution is 5.93. The van der Waals surface area contributed by atoms with E-state index < -0.39 is 0 Å². The van der Waals surface area contributed by atoms with Crippen molar-refractivity contribution in [2.75, 3.05) is 57.7 Å². The Morgan fingerprint density at radius 1 is 0.964 bits per heavy atom. The molecule has 1 aromatic heterocycles. The van der Waals surface area contributed by atoms with Gasteiger partial charge in [0.15, 0.2) is 11.5 Å². The van der Waals surface area contributed by atoms with Crippen LogP contribution in [0.3, 0.4) is 0 Å². The predicted molar refractivity (Wildman–Crippen MR) is 111 cm³/mol. The highest BCUT2D eigenvalue weighted by Gasteiger charge is 2.17. The third-order valence-corrected chi connectivity index (χ3v) is 5.25. The van der Waals surface area contributed by atoms with E-state index >= 15 is 0 Å². The summed E-state index contributed by atoms with van der Waals surface area (Å²) >= 11 is 0. The van der Waals surface area contributed by atoms with Gasteiger partial charge in [-0.05, 0) is 30.3 Å². The van der Waals surface area contributed by atoms with E-state index in [1.54, 1.807) is 25.4 Å². The van der Waals surface area contributed by atoms with Gasteiger partial charge < -0.3 is 24.6 Å². The molecular weight excluding hydrogens is 354 g/mol. The number of piperazine rings is 1. The molecule has 7 nitrogen and oxygen atoms in total.